The Labute approximate surface area is 196 Å². The molecule has 0 amide bonds. The van der Waals surface area contributed by atoms with Gasteiger partial charge in [0.2, 0.25) is 5.75 Å². The number of hydrogen-bond acceptors (Lipinski definition) is 5. The summed E-state index contributed by atoms with van der Waals surface area (Å²) in [5, 5.41) is 6.57. The number of nitrogens with one attached hydrogen (secondary N) is 2. The van der Waals surface area contributed by atoms with E-state index < -0.39 is 0 Å². The minimum absolute atomic E-state index is 0. The molecule has 2 aromatic carbocycles. The summed E-state index contributed by atoms with van der Waals surface area (Å²) in [5.74, 6) is 3.38. The third kappa shape index (κ3) is 6.86. The van der Waals surface area contributed by atoms with E-state index in [1.165, 1.54) is 0 Å². The van der Waals surface area contributed by atoms with Crippen molar-refractivity contribution in [2.75, 3.05) is 34.9 Å². The van der Waals surface area contributed by atoms with Gasteiger partial charge in [-0.25, -0.2) is 0 Å². The summed E-state index contributed by atoms with van der Waals surface area (Å²) in [4.78, 5) is 4.27. The largest absolute Gasteiger partial charge is 0.493 e. The number of rotatable bonds is 9. The van der Waals surface area contributed by atoms with Crippen molar-refractivity contribution in [3.8, 4) is 23.0 Å². The number of benzene rings is 2. The molecule has 7 nitrogen and oxygen atoms in total. The van der Waals surface area contributed by atoms with Gasteiger partial charge in [0.05, 0.1) is 27.9 Å². The van der Waals surface area contributed by atoms with E-state index in [1.54, 1.807) is 28.4 Å². The normalized spacial score (nSPS) is 11.7. The van der Waals surface area contributed by atoms with Crippen LogP contribution in [0.4, 0.5) is 0 Å². The lowest BCUT2D eigenvalue weighted by atomic mass is 10.1. The molecule has 0 saturated carbocycles. The molecule has 2 aromatic rings. The maximum absolute atomic E-state index is 6.00. The first-order valence-corrected chi connectivity index (χ1v) is 9.48. The molecular weight excluding hydrogens is 497 g/mol. The second kappa shape index (κ2) is 13.0. The summed E-state index contributed by atoms with van der Waals surface area (Å²) < 4.78 is 22.3. The average Bonchev–Trinajstić information content (AvgIpc) is 2.74. The molecule has 0 saturated heterocycles. The van der Waals surface area contributed by atoms with Gasteiger partial charge in [0.1, 0.15) is 11.9 Å². The van der Waals surface area contributed by atoms with Crippen LogP contribution in [-0.4, -0.2) is 47.0 Å². The summed E-state index contributed by atoms with van der Waals surface area (Å²) in [6, 6.07) is 11.8. The van der Waals surface area contributed by atoms with Gasteiger partial charge in [-0.15, -0.1) is 24.0 Å². The minimum atomic E-state index is -0.0229. The molecule has 0 aromatic heterocycles. The Hall–Kier alpha value is -2.36. The number of guanidine groups is 1. The summed E-state index contributed by atoms with van der Waals surface area (Å²) in [5.41, 5.74) is 2.04. The highest BCUT2D eigenvalue weighted by Gasteiger charge is 2.16. The number of halogens is 1. The van der Waals surface area contributed by atoms with Crippen LogP contribution in [0.15, 0.2) is 41.4 Å². The zero-order valence-electron chi connectivity index (χ0n) is 18.4. The number of aliphatic imine (C=N–C) groups is 1. The maximum Gasteiger partial charge on any atom is 0.203 e. The first-order chi connectivity index (χ1) is 14.0. The van der Waals surface area contributed by atoms with Crippen molar-refractivity contribution in [3.05, 3.63) is 47.5 Å². The van der Waals surface area contributed by atoms with Gasteiger partial charge in [0, 0.05) is 19.2 Å². The SMILES string of the molecule is CN=C(NCc1ccc(OC)c(OC)c1OC)NCC(C)Oc1ccccc1C.I. The average molecular weight is 529 g/mol. The maximum atomic E-state index is 6.00. The fourth-order valence-corrected chi connectivity index (χ4v) is 2.89. The Kier molecular flexibility index (Phi) is 11.2. The Bertz CT molecular complexity index is 830. The van der Waals surface area contributed by atoms with Crippen LogP contribution in [0.1, 0.15) is 18.1 Å². The second-order valence-electron chi connectivity index (χ2n) is 6.49. The predicted octanol–water partition coefficient (Wildman–Crippen LogP) is 3.77. The Morgan fingerprint density at radius 1 is 0.933 bits per heavy atom. The molecular formula is C22H32IN3O4. The Morgan fingerprint density at radius 2 is 1.63 bits per heavy atom. The molecule has 8 heteroatoms. The van der Waals surface area contributed by atoms with E-state index >= 15 is 0 Å². The van der Waals surface area contributed by atoms with Gasteiger partial charge in [0.15, 0.2) is 17.5 Å². The highest BCUT2D eigenvalue weighted by molar-refractivity contribution is 14.0. The Morgan fingerprint density at radius 3 is 2.23 bits per heavy atom. The van der Waals surface area contributed by atoms with Crippen LogP contribution in [0.2, 0.25) is 0 Å². The highest BCUT2D eigenvalue weighted by atomic mass is 127. The van der Waals surface area contributed by atoms with Crippen molar-refractivity contribution in [3.63, 3.8) is 0 Å². The highest BCUT2D eigenvalue weighted by Crippen LogP contribution is 2.39. The molecule has 2 N–H and O–H groups in total. The third-order valence-corrected chi connectivity index (χ3v) is 4.43. The van der Waals surface area contributed by atoms with E-state index in [4.69, 9.17) is 18.9 Å². The fourth-order valence-electron chi connectivity index (χ4n) is 2.89. The van der Waals surface area contributed by atoms with E-state index in [-0.39, 0.29) is 30.1 Å². The first kappa shape index (κ1) is 25.7. The molecule has 0 heterocycles. The number of para-hydroxylation sites is 1. The third-order valence-electron chi connectivity index (χ3n) is 4.43. The smallest absolute Gasteiger partial charge is 0.203 e. The van der Waals surface area contributed by atoms with Crippen LogP contribution in [-0.2, 0) is 6.54 Å². The summed E-state index contributed by atoms with van der Waals surface area (Å²) in [6.07, 6.45) is -0.0229. The summed E-state index contributed by atoms with van der Waals surface area (Å²) in [6.45, 7) is 5.17. The zero-order valence-corrected chi connectivity index (χ0v) is 20.8. The van der Waals surface area contributed by atoms with Crippen LogP contribution in [0.5, 0.6) is 23.0 Å². The minimum Gasteiger partial charge on any atom is -0.493 e. The lowest BCUT2D eigenvalue weighted by Gasteiger charge is -2.20. The molecule has 30 heavy (non-hydrogen) atoms. The van der Waals surface area contributed by atoms with Gasteiger partial charge in [0.25, 0.3) is 0 Å². The standard InChI is InChI=1S/C22H31N3O4.HI/c1-15-9-7-8-10-18(15)29-16(2)13-24-22(23-3)25-14-17-11-12-19(26-4)21(28-6)20(17)27-5;/h7-12,16H,13-14H2,1-6H3,(H2,23,24,25);1H. The van der Waals surface area contributed by atoms with Gasteiger partial charge in [-0.05, 0) is 37.6 Å². The van der Waals surface area contributed by atoms with Crippen LogP contribution >= 0.6 is 24.0 Å². The van der Waals surface area contributed by atoms with E-state index in [2.05, 4.69) is 15.6 Å². The van der Waals surface area contributed by atoms with Gasteiger partial charge >= 0.3 is 0 Å². The number of ether oxygens (including phenoxy) is 4. The van der Waals surface area contributed by atoms with E-state index in [0.29, 0.717) is 36.3 Å². The fraction of sp³-hybridized carbons (Fsp3) is 0.409. The molecule has 0 aliphatic carbocycles. The molecule has 1 atom stereocenters. The molecule has 0 fully saturated rings. The van der Waals surface area contributed by atoms with Gasteiger partial charge in [-0.3, -0.25) is 4.99 Å². The number of methoxy groups -OCH3 is 3. The first-order valence-electron chi connectivity index (χ1n) is 9.48. The van der Waals surface area contributed by atoms with Crippen molar-refractivity contribution >= 4 is 29.9 Å². The lowest BCUT2D eigenvalue weighted by molar-refractivity contribution is 0.222. The van der Waals surface area contributed by atoms with Gasteiger partial charge in [-0.2, -0.15) is 0 Å². The van der Waals surface area contributed by atoms with Crippen molar-refractivity contribution in [1.29, 1.82) is 0 Å². The number of hydrogen-bond donors (Lipinski definition) is 2. The monoisotopic (exact) mass is 529 g/mol. The molecule has 166 valence electrons. The van der Waals surface area contributed by atoms with E-state index in [1.807, 2.05) is 50.2 Å². The zero-order chi connectivity index (χ0) is 21.2. The van der Waals surface area contributed by atoms with Crippen molar-refractivity contribution in [2.24, 2.45) is 4.99 Å². The van der Waals surface area contributed by atoms with Crippen molar-refractivity contribution in [1.82, 2.24) is 10.6 Å². The second-order valence-corrected chi connectivity index (χ2v) is 6.49. The van der Waals surface area contributed by atoms with Crippen molar-refractivity contribution < 1.29 is 18.9 Å². The lowest BCUT2D eigenvalue weighted by Crippen LogP contribution is -2.41. The van der Waals surface area contributed by atoms with Gasteiger partial charge in [-0.1, -0.05) is 18.2 Å². The predicted molar refractivity (Wildman–Crippen MR) is 131 cm³/mol. The quantitative estimate of drug-likeness (QED) is 0.293. The van der Waals surface area contributed by atoms with E-state index in [0.717, 1.165) is 16.9 Å². The van der Waals surface area contributed by atoms with Crippen molar-refractivity contribution in [2.45, 2.75) is 26.5 Å². The van der Waals surface area contributed by atoms with E-state index in [9.17, 15) is 0 Å². The molecule has 1 unspecified atom stereocenters. The topological polar surface area (TPSA) is 73.3 Å². The number of aryl methyl sites for hydroxylation is 1. The van der Waals surface area contributed by atoms with Crippen LogP contribution in [0.25, 0.3) is 0 Å². The molecule has 0 aliphatic rings. The summed E-state index contributed by atoms with van der Waals surface area (Å²) >= 11 is 0. The number of nitrogens with zero attached hydrogens (tertiary/aromatic N) is 1. The summed E-state index contributed by atoms with van der Waals surface area (Å²) in [7, 11) is 6.53. The van der Waals surface area contributed by atoms with Crippen LogP contribution in [0, 0.1) is 6.92 Å². The van der Waals surface area contributed by atoms with Crippen LogP contribution in [0.3, 0.4) is 0 Å². The molecule has 2 rings (SSSR count). The molecule has 0 spiro atoms. The van der Waals surface area contributed by atoms with Crippen LogP contribution < -0.4 is 29.6 Å². The Balaban J connectivity index is 0.00000450. The molecule has 0 radical (unpaired) electrons. The molecule has 0 bridgehead atoms. The molecule has 0 aliphatic heterocycles. The van der Waals surface area contributed by atoms with Gasteiger partial charge < -0.3 is 29.6 Å².